The minimum atomic E-state index is -3.48. The number of rotatable bonds is 1. The van der Waals surface area contributed by atoms with Gasteiger partial charge in [0.2, 0.25) is 6.17 Å². The summed E-state index contributed by atoms with van der Waals surface area (Å²) < 4.78 is 62.7. The topological polar surface area (TPSA) is 9.23 Å². The predicted octanol–water partition coefficient (Wildman–Crippen LogP) is 3.74. The zero-order valence-corrected chi connectivity index (χ0v) is 7.64. The molecule has 0 aromatic carbocycles. The maximum Gasteiger partial charge on any atom is 0.273 e. The van der Waals surface area contributed by atoms with E-state index in [0.29, 0.717) is 0 Å². The molecule has 8 heteroatoms. The summed E-state index contributed by atoms with van der Waals surface area (Å²) in [4.78, 5) is 2.68. The van der Waals surface area contributed by atoms with Crippen LogP contribution < -0.4 is 0 Å². The van der Waals surface area contributed by atoms with Crippen molar-refractivity contribution in [1.29, 1.82) is 0 Å². The molecule has 1 nitrogen and oxygen atoms in total. The molecular weight excluding hydrogens is 254 g/mol. The molecule has 80 valence electrons. The van der Waals surface area contributed by atoms with Gasteiger partial charge in [0.25, 0.3) is 5.06 Å². The van der Waals surface area contributed by atoms with Gasteiger partial charge in [0.15, 0.2) is 17.5 Å². The van der Waals surface area contributed by atoms with Crippen molar-refractivity contribution in [3.8, 4) is 0 Å². The van der Waals surface area contributed by atoms with Crippen LogP contribution in [0.1, 0.15) is 0 Å². The molecule has 2 atom stereocenters. The third-order valence-corrected chi connectivity index (χ3v) is 2.32. The number of alkyl halides is 2. The van der Waals surface area contributed by atoms with Gasteiger partial charge in [-0.1, -0.05) is 23.2 Å². The number of hydrogen-bond acceptors (Lipinski definition) is 1. The van der Waals surface area contributed by atoms with Gasteiger partial charge < -0.3 is 0 Å². The van der Waals surface area contributed by atoms with Crippen molar-refractivity contribution >= 4 is 23.2 Å². The average molecular weight is 255 g/mol. The molecule has 1 rings (SSSR count). The van der Waals surface area contributed by atoms with Crippen LogP contribution in [0.3, 0.4) is 0 Å². The fourth-order valence-electron chi connectivity index (χ4n) is 0.809. The molecule has 0 aliphatic heterocycles. The minimum absolute atomic E-state index is 1.43. The van der Waals surface area contributed by atoms with Gasteiger partial charge in [0.1, 0.15) is 5.03 Å². The van der Waals surface area contributed by atoms with Crippen molar-refractivity contribution in [3.63, 3.8) is 0 Å². The third kappa shape index (κ3) is 1.41. The first kappa shape index (κ1) is 11.7. The van der Waals surface area contributed by atoms with E-state index in [9.17, 15) is 22.1 Å². The maximum atomic E-state index is 12.8. The van der Waals surface area contributed by atoms with E-state index in [-0.39, 0.29) is 0 Å². The van der Waals surface area contributed by atoms with Crippen LogP contribution in [0.15, 0.2) is 22.5 Å². The van der Waals surface area contributed by atoms with Crippen LogP contribution in [-0.2, 0) is 4.94 Å². The Hall–Kier alpha value is -0.330. The van der Waals surface area contributed by atoms with Gasteiger partial charge >= 0.3 is 0 Å². The van der Waals surface area contributed by atoms with Crippen molar-refractivity contribution in [3.05, 3.63) is 22.5 Å². The average Bonchev–Trinajstić information content (AvgIpc) is 2.21. The fourth-order valence-corrected chi connectivity index (χ4v) is 1.17. The van der Waals surface area contributed by atoms with Crippen molar-refractivity contribution in [2.45, 2.75) is 11.2 Å². The van der Waals surface area contributed by atoms with Crippen LogP contribution in [-0.4, -0.2) is 11.2 Å². The Bertz CT molecular complexity index is 328. The van der Waals surface area contributed by atoms with Gasteiger partial charge in [-0.2, -0.15) is 4.94 Å². The summed E-state index contributed by atoms with van der Waals surface area (Å²) >= 11 is 9.68. The maximum absolute atomic E-state index is 12.8. The van der Waals surface area contributed by atoms with E-state index in [1.54, 1.807) is 0 Å². The highest BCUT2D eigenvalue weighted by Gasteiger charge is 2.54. The summed E-state index contributed by atoms with van der Waals surface area (Å²) in [5, 5.41) is -4.91. The Labute approximate surface area is 84.6 Å². The largest absolute Gasteiger partial charge is 0.273 e. The molecular formula is C6HCl2F5O. The smallest absolute Gasteiger partial charge is 0.234 e. The first-order valence-electron chi connectivity index (χ1n) is 3.10. The van der Waals surface area contributed by atoms with E-state index in [2.05, 4.69) is 4.94 Å². The zero-order chi connectivity index (χ0) is 11.1. The molecule has 2 unspecified atom stereocenters. The molecule has 0 bridgehead atoms. The molecule has 0 N–H and O–H groups in total. The van der Waals surface area contributed by atoms with Gasteiger partial charge in [-0.3, -0.25) is 0 Å². The lowest BCUT2D eigenvalue weighted by Crippen LogP contribution is -2.39. The fraction of sp³-hybridized carbons (Fsp3) is 0.333. The molecule has 0 radical (unpaired) electrons. The molecule has 0 saturated heterocycles. The van der Waals surface area contributed by atoms with Gasteiger partial charge in [-0.15, -0.1) is 0 Å². The van der Waals surface area contributed by atoms with Gasteiger partial charge in [-0.05, 0) is 4.53 Å². The molecule has 0 saturated carbocycles. The summed E-state index contributed by atoms with van der Waals surface area (Å²) in [5.41, 5.74) is 0. The molecule has 0 spiro atoms. The second-order valence-electron chi connectivity index (χ2n) is 2.37. The predicted molar refractivity (Wildman–Crippen MR) is 38.9 cm³/mol. The lowest BCUT2D eigenvalue weighted by atomic mass is 10.1. The minimum Gasteiger partial charge on any atom is -0.234 e. The van der Waals surface area contributed by atoms with E-state index >= 15 is 0 Å². The molecule has 0 fully saturated rings. The van der Waals surface area contributed by atoms with Crippen LogP contribution >= 0.6 is 23.2 Å². The van der Waals surface area contributed by atoms with E-state index in [4.69, 9.17) is 23.2 Å². The van der Waals surface area contributed by atoms with Crippen molar-refractivity contribution < 1.29 is 27.0 Å². The normalized spacial score (nSPS) is 34.1. The Morgan fingerprint density at radius 2 is 1.79 bits per heavy atom. The SMILES string of the molecule is FOC1(Cl)C(F)=C(F)C(Cl)=C(F)C1F. The second kappa shape index (κ2) is 3.67. The standard InChI is InChI=1S/C6HCl2F5O/c7-1-2(9)4(11)6(8,14-13)5(12)3(1)10/h4H. The van der Waals surface area contributed by atoms with Gasteiger partial charge in [-0.25, -0.2) is 17.6 Å². The summed E-state index contributed by atoms with van der Waals surface area (Å²) in [6.07, 6.45) is -3.05. The lowest BCUT2D eigenvalue weighted by molar-refractivity contribution is -0.210. The van der Waals surface area contributed by atoms with E-state index in [0.717, 1.165) is 0 Å². The Morgan fingerprint density at radius 1 is 1.29 bits per heavy atom. The molecule has 1 aliphatic carbocycles. The highest BCUT2D eigenvalue weighted by molar-refractivity contribution is 6.33. The Morgan fingerprint density at radius 3 is 2.21 bits per heavy atom. The lowest BCUT2D eigenvalue weighted by Gasteiger charge is -2.26. The summed E-state index contributed by atoms with van der Waals surface area (Å²) in [5.74, 6) is -6.08. The molecule has 14 heavy (non-hydrogen) atoms. The highest BCUT2D eigenvalue weighted by Crippen LogP contribution is 2.47. The monoisotopic (exact) mass is 254 g/mol. The molecule has 0 amide bonds. The second-order valence-corrected chi connectivity index (χ2v) is 3.31. The summed E-state index contributed by atoms with van der Waals surface area (Å²) in [7, 11) is 0. The number of halogens is 7. The molecule has 0 aromatic rings. The quantitative estimate of drug-likeness (QED) is 0.512. The van der Waals surface area contributed by atoms with Gasteiger partial charge in [0, 0.05) is 0 Å². The molecule has 0 heterocycles. The molecule has 1 aliphatic rings. The summed E-state index contributed by atoms with van der Waals surface area (Å²) in [6.45, 7) is 0. The molecule has 0 aromatic heterocycles. The van der Waals surface area contributed by atoms with Crippen molar-refractivity contribution in [2.24, 2.45) is 0 Å². The zero-order valence-electron chi connectivity index (χ0n) is 6.13. The Balaban J connectivity index is 3.33. The van der Waals surface area contributed by atoms with Gasteiger partial charge in [0.05, 0.1) is 0 Å². The number of hydrogen-bond donors (Lipinski definition) is 0. The van der Waals surface area contributed by atoms with Crippen LogP contribution in [0, 0.1) is 0 Å². The first-order chi connectivity index (χ1) is 6.36. The van der Waals surface area contributed by atoms with Crippen LogP contribution in [0.2, 0.25) is 0 Å². The van der Waals surface area contributed by atoms with E-state index in [1.807, 2.05) is 0 Å². The van der Waals surface area contributed by atoms with E-state index in [1.165, 1.54) is 0 Å². The van der Waals surface area contributed by atoms with Crippen molar-refractivity contribution in [2.75, 3.05) is 0 Å². The number of allylic oxidation sites excluding steroid dienone is 2. The van der Waals surface area contributed by atoms with Crippen LogP contribution in [0.25, 0.3) is 0 Å². The highest BCUT2D eigenvalue weighted by atomic mass is 35.5. The van der Waals surface area contributed by atoms with Crippen molar-refractivity contribution in [1.82, 2.24) is 0 Å². The Kier molecular flexibility index (Phi) is 3.08. The first-order valence-corrected chi connectivity index (χ1v) is 3.85. The van der Waals surface area contributed by atoms with Crippen LogP contribution in [0.4, 0.5) is 22.1 Å². The third-order valence-electron chi connectivity index (χ3n) is 1.56. The summed E-state index contributed by atoms with van der Waals surface area (Å²) in [6, 6.07) is 0. The van der Waals surface area contributed by atoms with Crippen LogP contribution in [0.5, 0.6) is 0 Å². The van der Waals surface area contributed by atoms with E-state index < -0.39 is 33.7 Å².